The third-order valence-electron chi connectivity index (χ3n) is 2.51. The van der Waals surface area contributed by atoms with Gasteiger partial charge in [-0.3, -0.25) is 0 Å². The first-order valence-corrected chi connectivity index (χ1v) is 5.93. The van der Waals surface area contributed by atoms with E-state index < -0.39 is 12.9 Å². The molecule has 0 spiro atoms. The number of rotatable bonds is 7. The number of hydrogen-bond acceptors (Lipinski definition) is 3. The highest BCUT2D eigenvalue weighted by Gasteiger charge is 2.14. The second-order valence-corrected chi connectivity index (χ2v) is 3.97. The Morgan fingerprint density at radius 2 is 2.00 bits per heavy atom. The van der Waals surface area contributed by atoms with Gasteiger partial charge in [-0.25, -0.2) is 4.39 Å². The van der Waals surface area contributed by atoms with Crippen LogP contribution in [0.3, 0.4) is 0 Å². The maximum absolute atomic E-state index is 13.3. The Morgan fingerprint density at radius 1 is 1.24 bits per heavy atom. The number of benzene rings is 1. The summed E-state index contributed by atoms with van der Waals surface area (Å²) in [5.74, 6) is -0.406. The van der Waals surface area contributed by atoms with E-state index in [1.807, 2.05) is 0 Å². The van der Waals surface area contributed by atoms with Crippen LogP contribution >= 0.6 is 0 Å². The molecule has 0 atom stereocenters. The number of halogens is 1. The highest BCUT2D eigenvalue weighted by Crippen LogP contribution is 2.15. The fourth-order valence-corrected chi connectivity index (χ4v) is 1.50. The normalized spacial score (nSPS) is 10.4. The third kappa shape index (κ3) is 4.75. The van der Waals surface area contributed by atoms with Gasteiger partial charge in [-0.2, -0.15) is 0 Å². The SMILES string of the molecule is CCCCCCOc1cc(B(O)O)ccc1F. The molecule has 0 saturated carbocycles. The Kier molecular flexibility index (Phi) is 6.01. The van der Waals surface area contributed by atoms with E-state index in [1.54, 1.807) is 0 Å². The molecule has 5 heteroatoms. The molecule has 0 heterocycles. The van der Waals surface area contributed by atoms with Crippen molar-refractivity contribution >= 4 is 12.6 Å². The topological polar surface area (TPSA) is 49.7 Å². The highest BCUT2D eigenvalue weighted by molar-refractivity contribution is 6.58. The second kappa shape index (κ2) is 7.30. The quantitative estimate of drug-likeness (QED) is 0.560. The van der Waals surface area contributed by atoms with Gasteiger partial charge >= 0.3 is 7.12 Å². The van der Waals surface area contributed by atoms with Gasteiger partial charge in [0.05, 0.1) is 6.61 Å². The molecule has 1 aromatic carbocycles. The molecule has 0 aliphatic heterocycles. The molecule has 0 aliphatic carbocycles. The molecular formula is C12H18BFO3. The third-order valence-corrected chi connectivity index (χ3v) is 2.51. The molecule has 0 aliphatic rings. The molecule has 0 aromatic heterocycles. The van der Waals surface area contributed by atoms with Crippen LogP contribution in [0.15, 0.2) is 18.2 Å². The lowest BCUT2D eigenvalue weighted by molar-refractivity contribution is 0.290. The first-order valence-electron chi connectivity index (χ1n) is 5.93. The van der Waals surface area contributed by atoms with Gasteiger partial charge in [-0.15, -0.1) is 0 Å². The van der Waals surface area contributed by atoms with E-state index >= 15 is 0 Å². The lowest BCUT2D eigenvalue weighted by Gasteiger charge is -2.08. The van der Waals surface area contributed by atoms with Crippen LogP contribution < -0.4 is 10.2 Å². The van der Waals surface area contributed by atoms with Gasteiger partial charge in [0.1, 0.15) is 0 Å². The maximum atomic E-state index is 13.3. The predicted octanol–water partition coefficient (Wildman–Crippen LogP) is 1.46. The molecule has 2 N–H and O–H groups in total. The zero-order valence-corrected chi connectivity index (χ0v) is 10.0. The van der Waals surface area contributed by atoms with E-state index in [1.165, 1.54) is 18.2 Å². The van der Waals surface area contributed by atoms with Crippen molar-refractivity contribution in [2.45, 2.75) is 32.6 Å². The summed E-state index contributed by atoms with van der Waals surface area (Å²) in [4.78, 5) is 0. The van der Waals surface area contributed by atoms with Gasteiger partial charge in [-0.1, -0.05) is 32.3 Å². The fourth-order valence-electron chi connectivity index (χ4n) is 1.50. The first-order chi connectivity index (χ1) is 8.15. The monoisotopic (exact) mass is 240 g/mol. The molecule has 0 bridgehead atoms. The van der Waals surface area contributed by atoms with E-state index in [9.17, 15) is 4.39 Å². The van der Waals surface area contributed by atoms with E-state index in [0.29, 0.717) is 6.61 Å². The van der Waals surface area contributed by atoms with Gasteiger partial charge in [0, 0.05) is 0 Å². The average molecular weight is 240 g/mol. The number of unbranched alkanes of at least 4 members (excludes halogenated alkanes) is 3. The second-order valence-electron chi connectivity index (χ2n) is 3.97. The lowest BCUT2D eigenvalue weighted by Crippen LogP contribution is -2.29. The van der Waals surface area contributed by atoms with E-state index in [4.69, 9.17) is 14.8 Å². The first kappa shape index (κ1) is 14.0. The average Bonchev–Trinajstić information content (AvgIpc) is 2.30. The van der Waals surface area contributed by atoms with Crippen molar-refractivity contribution in [1.29, 1.82) is 0 Å². The van der Waals surface area contributed by atoms with Crippen LogP contribution in [0, 0.1) is 5.82 Å². The van der Waals surface area contributed by atoms with Crippen molar-refractivity contribution in [3.63, 3.8) is 0 Å². The smallest absolute Gasteiger partial charge is 0.488 e. The lowest BCUT2D eigenvalue weighted by atomic mass is 9.80. The van der Waals surface area contributed by atoms with Crippen LogP contribution in [0.25, 0.3) is 0 Å². The molecular weight excluding hydrogens is 222 g/mol. The van der Waals surface area contributed by atoms with Gasteiger partial charge in [-0.05, 0) is 24.0 Å². The van der Waals surface area contributed by atoms with Crippen LogP contribution in [0.5, 0.6) is 5.75 Å². The van der Waals surface area contributed by atoms with Crippen molar-refractivity contribution in [3.05, 3.63) is 24.0 Å². The summed E-state index contributed by atoms with van der Waals surface area (Å²) in [5, 5.41) is 17.9. The Labute approximate surface area is 101 Å². The molecule has 1 rings (SSSR count). The standard InChI is InChI=1S/C12H18BFO3/c1-2-3-4-5-8-17-12-9-10(13(15)16)6-7-11(12)14/h6-7,9,15-16H,2-5,8H2,1H3. The molecule has 94 valence electrons. The fraction of sp³-hybridized carbons (Fsp3) is 0.500. The number of hydrogen-bond donors (Lipinski definition) is 2. The van der Waals surface area contributed by atoms with Crippen LogP contribution in [0.2, 0.25) is 0 Å². The summed E-state index contributed by atoms with van der Waals surface area (Å²) < 4.78 is 18.6. The maximum Gasteiger partial charge on any atom is 0.488 e. The molecule has 0 unspecified atom stereocenters. The minimum Gasteiger partial charge on any atom is -0.491 e. The largest absolute Gasteiger partial charge is 0.491 e. The minimum absolute atomic E-state index is 0.0760. The molecule has 0 fully saturated rings. The number of ether oxygens (including phenoxy) is 1. The zero-order chi connectivity index (χ0) is 12.7. The summed E-state index contributed by atoms with van der Waals surface area (Å²) in [6.07, 6.45) is 4.21. The van der Waals surface area contributed by atoms with Crippen LogP contribution in [-0.4, -0.2) is 23.8 Å². The Morgan fingerprint density at radius 3 is 2.65 bits per heavy atom. The van der Waals surface area contributed by atoms with Crippen LogP contribution in [0.4, 0.5) is 4.39 Å². The van der Waals surface area contributed by atoms with Crippen molar-refractivity contribution < 1.29 is 19.2 Å². The minimum atomic E-state index is -1.60. The Hall–Kier alpha value is -1.07. The molecule has 3 nitrogen and oxygen atoms in total. The van der Waals surface area contributed by atoms with Crippen molar-refractivity contribution in [1.82, 2.24) is 0 Å². The van der Waals surface area contributed by atoms with Crippen molar-refractivity contribution in [3.8, 4) is 5.75 Å². The van der Waals surface area contributed by atoms with Gasteiger partial charge in [0.2, 0.25) is 0 Å². The van der Waals surface area contributed by atoms with Crippen molar-refractivity contribution in [2.75, 3.05) is 6.61 Å². The van der Waals surface area contributed by atoms with Gasteiger partial charge in [0.25, 0.3) is 0 Å². The van der Waals surface area contributed by atoms with Gasteiger partial charge in [0.15, 0.2) is 11.6 Å². The van der Waals surface area contributed by atoms with E-state index in [-0.39, 0.29) is 11.2 Å². The highest BCUT2D eigenvalue weighted by atomic mass is 19.1. The van der Waals surface area contributed by atoms with Crippen LogP contribution in [0.1, 0.15) is 32.6 Å². The zero-order valence-electron chi connectivity index (χ0n) is 10.0. The predicted molar refractivity (Wildman–Crippen MR) is 65.9 cm³/mol. The summed E-state index contributed by atoms with van der Waals surface area (Å²) in [5.41, 5.74) is 0.231. The molecule has 0 saturated heterocycles. The van der Waals surface area contributed by atoms with E-state index in [0.717, 1.165) is 25.7 Å². The summed E-state index contributed by atoms with van der Waals surface area (Å²) in [6.45, 7) is 2.56. The molecule has 1 aromatic rings. The molecule has 0 radical (unpaired) electrons. The summed E-state index contributed by atoms with van der Waals surface area (Å²) in [7, 11) is -1.60. The Bertz CT molecular complexity index is 345. The van der Waals surface area contributed by atoms with Crippen LogP contribution in [-0.2, 0) is 0 Å². The van der Waals surface area contributed by atoms with E-state index in [2.05, 4.69) is 6.92 Å². The Balaban J connectivity index is 2.49. The van der Waals surface area contributed by atoms with Crippen molar-refractivity contribution in [2.24, 2.45) is 0 Å². The summed E-state index contributed by atoms with van der Waals surface area (Å²) in [6, 6.07) is 3.82. The van der Waals surface area contributed by atoms with Gasteiger partial charge < -0.3 is 14.8 Å². The summed E-state index contributed by atoms with van der Waals surface area (Å²) >= 11 is 0. The molecule has 17 heavy (non-hydrogen) atoms. The molecule has 0 amide bonds.